The Kier molecular flexibility index (Phi) is 3.99. The van der Waals surface area contributed by atoms with Crippen molar-refractivity contribution >= 4 is 17.7 Å². The molecule has 1 unspecified atom stereocenters. The van der Waals surface area contributed by atoms with Crippen molar-refractivity contribution in [3.63, 3.8) is 0 Å². The number of pyridine rings is 1. The van der Waals surface area contributed by atoms with E-state index >= 15 is 0 Å². The fourth-order valence-corrected chi connectivity index (χ4v) is 2.42. The van der Waals surface area contributed by atoms with Gasteiger partial charge in [-0.2, -0.15) is 0 Å². The number of aliphatic carboxylic acids is 1. The van der Waals surface area contributed by atoms with E-state index in [1.54, 1.807) is 12.1 Å². The van der Waals surface area contributed by atoms with Gasteiger partial charge in [0.25, 0.3) is 5.91 Å². The highest BCUT2D eigenvalue weighted by Crippen LogP contribution is 2.23. The number of carboxylic acid groups (broad SMARTS) is 1. The van der Waals surface area contributed by atoms with Crippen LogP contribution in [0.25, 0.3) is 0 Å². The number of nitrogens with two attached hydrogens (primary N) is 1. The van der Waals surface area contributed by atoms with E-state index < -0.39 is 11.9 Å². The van der Waals surface area contributed by atoms with Crippen molar-refractivity contribution in [3.8, 4) is 0 Å². The van der Waals surface area contributed by atoms with Crippen molar-refractivity contribution < 1.29 is 14.7 Å². The van der Waals surface area contributed by atoms with Gasteiger partial charge in [0, 0.05) is 19.5 Å². The van der Waals surface area contributed by atoms with Crippen molar-refractivity contribution in [1.29, 1.82) is 0 Å². The molecule has 1 aromatic rings. The lowest BCUT2D eigenvalue weighted by molar-refractivity contribution is -0.138. The number of primary amides is 1. The maximum atomic E-state index is 11.1. The van der Waals surface area contributed by atoms with Crippen LogP contribution in [0.3, 0.4) is 0 Å². The first kappa shape index (κ1) is 13.3. The van der Waals surface area contributed by atoms with E-state index in [9.17, 15) is 9.59 Å². The number of carboxylic acids is 1. The largest absolute Gasteiger partial charge is 0.481 e. The molecular weight excluding hydrogens is 246 g/mol. The Morgan fingerprint density at radius 3 is 2.95 bits per heavy atom. The van der Waals surface area contributed by atoms with Crippen LogP contribution in [0.1, 0.15) is 29.8 Å². The Morgan fingerprint density at radius 1 is 1.47 bits per heavy atom. The molecule has 1 fully saturated rings. The first-order chi connectivity index (χ1) is 9.06. The second-order valence-electron chi connectivity index (χ2n) is 4.80. The molecule has 19 heavy (non-hydrogen) atoms. The first-order valence-electron chi connectivity index (χ1n) is 6.30. The number of rotatable bonds is 4. The third-order valence-corrected chi connectivity index (χ3v) is 3.29. The van der Waals surface area contributed by atoms with E-state index in [1.807, 2.05) is 11.0 Å². The third-order valence-electron chi connectivity index (χ3n) is 3.29. The lowest BCUT2D eigenvalue weighted by Gasteiger charge is -2.33. The average Bonchev–Trinajstić information content (AvgIpc) is 2.38. The number of piperidine rings is 1. The highest BCUT2D eigenvalue weighted by molar-refractivity contribution is 5.91. The van der Waals surface area contributed by atoms with Crippen LogP contribution >= 0.6 is 0 Å². The second-order valence-corrected chi connectivity index (χ2v) is 4.80. The summed E-state index contributed by atoms with van der Waals surface area (Å²) in [7, 11) is 0. The Bertz CT molecular complexity index is 490. The molecule has 0 spiro atoms. The van der Waals surface area contributed by atoms with E-state index in [0.717, 1.165) is 19.4 Å². The highest BCUT2D eigenvalue weighted by Gasteiger charge is 2.23. The van der Waals surface area contributed by atoms with Gasteiger partial charge in [0.15, 0.2) is 0 Å². The summed E-state index contributed by atoms with van der Waals surface area (Å²) in [6.45, 7) is 1.48. The predicted molar refractivity (Wildman–Crippen MR) is 69.9 cm³/mol. The standard InChI is InChI=1S/C13H17N3O3/c14-13(19)10-4-1-5-11(15-10)16-6-2-3-9(8-16)7-12(17)18/h1,4-5,9H,2-3,6-8H2,(H2,14,19)(H,17,18). The van der Waals surface area contributed by atoms with Gasteiger partial charge in [-0.05, 0) is 30.9 Å². The molecule has 1 aliphatic heterocycles. The van der Waals surface area contributed by atoms with Crippen LogP contribution in [0.5, 0.6) is 0 Å². The number of hydrogen-bond donors (Lipinski definition) is 2. The topological polar surface area (TPSA) is 96.5 Å². The first-order valence-corrected chi connectivity index (χ1v) is 6.30. The minimum atomic E-state index is -0.773. The number of nitrogens with zero attached hydrogens (tertiary/aromatic N) is 2. The Labute approximate surface area is 111 Å². The van der Waals surface area contributed by atoms with Crippen molar-refractivity contribution in [1.82, 2.24) is 4.98 Å². The van der Waals surface area contributed by atoms with Gasteiger partial charge in [0.1, 0.15) is 11.5 Å². The molecule has 6 heteroatoms. The minimum absolute atomic E-state index is 0.130. The number of hydrogen-bond acceptors (Lipinski definition) is 4. The van der Waals surface area contributed by atoms with Gasteiger partial charge in [-0.3, -0.25) is 9.59 Å². The van der Waals surface area contributed by atoms with Crippen molar-refractivity contribution in [2.24, 2.45) is 11.7 Å². The molecule has 1 saturated heterocycles. The molecule has 3 N–H and O–H groups in total. The van der Waals surface area contributed by atoms with E-state index in [-0.39, 0.29) is 18.0 Å². The molecule has 0 bridgehead atoms. The van der Waals surface area contributed by atoms with E-state index in [0.29, 0.717) is 12.4 Å². The van der Waals surface area contributed by atoms with Crippen LogP contribution in [0.4, 0.5) is 5.82 Å². The molecule has 1 aliphatic rings. The van der Waals surface area contributed by atoms with Gasteiger partial charge in [-0.15, -0.1) is 0 Å². The van der Waals surface area contributed by atoms with Crippen molar-refractivity contribution in [2.75, 3.05) is 18.0 Å². The van der Waals surface area contributed by atoms with Crippen LogP contribution in [-0.2, 0) is 4.79 Å². The van der Waals surface area contributed by atoms with Crippen molar-refractivity contribution in [2.45, 2.75) is 19.3 Å². The zero-order valence-corrected chi connectivity index (χ0v) is 10.6. The summed E-state index contributed by atoms with van der Waals surface area (Å²) in [5.74, 6) is -0.511. The maximum absolute atomic E-state index is 11.1. The van der Waals surface area contributed by atoms with E-state index in [2.05, 4.69) is 4.98 Å². The quantitative estimate of drug-likeness (QED) is 0.840. The SMILES string of the molecule is NC(=O)c1cccc(N2CCCC(CC(=O)O)C2)n1. The fraction of sp³-hybridized carbons (Fsp3) is 0.462. The Morgan fingerprint density at radius 2 is 2.26 bits per heavy atom. The molecule has 0 aliphatic carbocycles. The number of carbonyl (C=O) groups excluding carboxylic acids is 1. The van der Waals surface area contributed by atoms with Gasteiger partial charge in [0.2, 0.25) is 0 Å². The summed E-state index contributed by atoms with van der Waals surface area (Å²) in [5, 5.41) is 8.84. The second kappa shape index (κ2) is 5.69. The molecule has 2 heterocycles. The maximum Gasteiger partial charge on any atom is 0.303 e. The van der Waals surface area contributed by atoms with Crippen LogP contribution in [0, 0.1) is 5.92 Å². The van der Waals surface area contributed by atoms with Crippen LogP contribution < -0.4 is 10.6 Å². The number of amides is 1. The summed E-state index contributed by atoms with van der Waals surface area (Å²) in [4.78, 5) is 28.1. The summed E-state index contributed by atoms with van der Waals surface area (Å²) < 4.78 is 0. The number of anilines is 1. The summed E-state index contributed by atoms with van der Waals surface area (Å²) in [6, 6.07) is 5.13. The molecule has 1 amide bonds. The van der Waals surface area contributed by atoms with Gasteiger partial charge in [0.05, 0.1) is 0 Å². The Hall–Kier alpha value is -2.11. The lowest BCUT2D eigenvalue weighted by atomic mass is 9.95. The van der Waals surface area contributed by atoms with Crippen molar-refractivity contribution in [3.05, 3.63) is 23.9 Å². The normalized spacial score (nSPS) is 19.2. The summed E-state index contributed by atoms with van der Waals surface area (Å²) in [5.41, 5.74) is 5.44. The van der Waals surface area contributed by atoms with Crippen LogP contribution in [-0.4, -0.2) is 35.1 Å². The third kappa shape index (κ3) is 3.43. The molecule has 0 aromatic carbocycles. The summed E-state index contributed by atoms with van der Waals surface area (Å²) in [6.07, 6.45) is 2.02. The van der Waals surface area contributed by atoms with E-state index in [4.69, 9.17) is 10.8 Å². The van der Waals surface area contributed by atoms with Gasteiger partial charge < -0.3 is 15.7 Å². The fourth-order valence-electron chi connectivity index (χ4n) is 2.42. The molecule has 1 atom stereocenters. The van der Waals surface area contributed by atoms with E-state index in [1.165, 1.54) is 0 Å². The highest BCUT2D eigenvalue weighted by atomic mass is 16.4. The van der Waals surface area contributed by atoms with Crippen LogP contribution in [0.2, 0.25) is 0 Å². The minimum Gasteiger partial charge on any atom is -0.481 e. The van der Waals surface area contributed by atoms with Crippen LogP contribution in [0.15, 0.2) is 18.2 Å². The predicted octanol–water partition coefficient (Wildman–Crippen LogP) is 0.872. The average molecular weight is 263 g/mol. The zero-order valence-electron chi connectivity index (χ0n) is 10.6. The molecule has 0 radical (unpaired) electrons. The molecule has 0 saturated carbocycles. The zero-order chi connectivity index (χ0) is 13.8. The smallest absolute Gasteiger partial charge is 0.303 e. The number of carbonyl (C=O) groups is 2. The molecular formula is C13H17N3O3. The molecule has 102 valence electrons. The van der Waals surface area contributed by atoms with Gasteiger partial charge in [-0.25, -0.2) is 4.98 Å². The van der Waals surface area contributed by atoms with Gasteiger partial charge in [-0.1, -0.05) is 6.07 Å². The molecule has 1 aromatic heterocycles. The summed E-state index contributed by atoms with van der Waals surface area (Å²) >= 11 is 0. The molecule has 6 nitrogen and oxygen atoms in total. The lowest BCUT2D eigenvalue weighted by Crippen LogP contribution is -2.37. The van der Waals surface area contributed by atoms with Gasteiger partial charge >= 0.3 is 5.97 Å². The number of aromatic nitrogens is 1. The monoisotopic (exact) mass is 263 g/mol. The molecule has 2 rings (SSSR count). The Balaban J connectivity index is 2.10.